The molecule has 3 heteroatoms. The molecular weight excluding hydrogens is 255 g/mol. The van der Waals surface area contributed by atoms with Crippen molar-refractivity contribution in [3.8, 4) is 0 Å². The maximum absolute atomic E-state index is 5.73. The summed E-state index contributed by atoms with van der Waals surface area (Å²) in [5.74, 6) is 0. The number of alkyl halides is 1. The predicted molar refractivity (Wildman–Crippen MR) is 51.1 cm³/mol. The summed E-state index contributed by atoms with van der Waals surface area (Å²) < 4.78 is 12.0. The van der Waals surface area contributed by atoms with Crippen LogP contribution in [0.4, 0.5) is 0 Å². The topological polar surface area (TPSA) is 18.5 Å². The van der Waals surface area contributed by atoms with E-state index >= 15 is 0 Å². The van der Waals surface area contributed by atoms with Gasteiger partial charge in [0, 0.05) is 17.0 Å². The van der Waals surface area contributed by atoms with Crippen molar-refractivity contribution in [2.24, 2.45) is 5.41 Å². The summed E-state index contributed by atoms with van der Waals surface area (Å²) in [6.45, 7) is 1.80. The van der Waals surface area contributed by atoms with Gasteiger partial charge in [-0.05, 0) is 12.8 Å². The van der Waals surface area contributed by atoms with Crippen LogP contribution >= 0.6 is 22.6 Å². The molecule has 3 rings (SSSR count). The van der Waals surface area contributed by atoms with E-state index in [2.05, 4.69) is 22.6 Å². The van der Waals surface area contributed by atoms with Gasteiger partial charge < -0.3 is 9.47 Å². The van der Waals surface area contributed by atoms with E-state index in [4.69, 9.17) is 9.47 Å². The maximum Gasteiger partial charge on any atom is 0.0785 e. The second-order valence-electron chi connectivity index (χ2n) is 3.89. The summed E-state index contributed by atoms with van der Waals surface area (Å²) in [6.07, 6.45) is 2.44. The molecule has 0 atom stereocenters. The third kappa shape index (κ3) is 1.12. The molecule has 3 aliphatic rings. The number of fused-ring (bicyclic) bond motifs is 1. The van der Waals surface area contributed by atoms with Gasteiger partial charge in [0.25, 0.3) is 0 Å². The van der Waals surface area contributed by atoms with Gasteiger partial charge in [-0.15, -0.1) is 0 Å². The molecule has 2 nitrogen and oxygen atoms in total. The monoisotopic (exact) mass is 268 g/mol. The fourth-order valence-electron chi connectivity index (χ4n) is 2.41. The van der Waals surface area contributed by atoms with Gasteiger partial charge in [0.15, 0.2) is 0 Å². The molecule has 1 saturated carbocycles. The summed E-state index contributed by atoms with van der Waals surface area (Å²) in [5.41, 5.74) is 0.652. The third-order valence-electron chi connectivity index (χ3n) is 2.77. The molecule has 2 heterocycles. The highest BCUT2D eigenvalue weighted by atomic mass is 127. The fraction of sp³-hybridized carbons (Fsp3) is 1.00. The standard InChI is InChI=1S/C8H13IO2/c1-10-5-7-2-8(3-7,4-9)11-6-7/h2-6H2,1H3. The van der Waals surface area contributed by atoms with E-state index in [-0.39, 0.29) is 5.60 Å². The smallest absolute Gasteiger partial charge is 0.0785 e. The molecule has 0 amide bonds. The molecule has 11 heavy (non-hydrogen) atoms. The molecule has 0 aromatic rings. The summed E-state index contributed by atoms with van der Waals surface area (Å²) >= 11 is 2.41. The molecule has 64 valence electrons. The molecule has 0 aromatic carbocycles. The van der Waals surface area contributed by atoms with Crippen LogP contribution in [0, 0.1) is 5.41 Å². The van der Waals surface area contributed by atoms with Crippen molar-refractivity contribution in [3.05, 3.63) is 0 Å². The normalized spacial score (nSPS) is 47.5. The first-order valence-corrected chi connectivity index (χ1v) is 5.46. The number of halogens is 1. The van der Waals surface area contributed by atoms with Gasteiger partial charge in [0.05, 0.1) is 18.8 Å². The molecule has 3 fully saturated rings. The molecule has 2 bridgehead atoms. The fourth-order valence-corrected chi connectivity index (χ4v) is 3.17. The zero-order valence-corrected chi connectivity index (χ0v) is 8.89. The van der Waals surface area contributed by atoms with Gasteiger partial charge in [0.2, 0.25) is 0 Å². The lowest BCUT2D eigenvalue weighted by molar-refractivity contribution is -0.0138. The van der Waals surface area contributed by atoms with Crippen molar-refractivity contribution in [1.82, 2.24) is 0 Å². The van der Waals surface area contributed by atoms with Gasteiger partial charge in [-0.2, -0.15) is 0 Å². The minimum Gasteiger partial charge on any atom is -0.384 e. The first kappa shape index (κ1) is 8.26. The van der Waals surface area contributed by atoms with Crippen molar-refractivity contribution < 1.29 is 9.47 Å². The molecule has 2 aliphatic heterocycles. The van der Waals surface area contributed by atoms with E-state index in [9.17, 15) is 0 Å². The average Bonchev–Trinajstić information content (AvgIpc) is 2.43. The van der Waals surface area contributed by atoms with Gasteiger partial charge in [-0.3, -0.25) is 0 Å². The van der Waals surface area contributed by atoms with Crippen LogP contribution in [0.2, 0.25) is 0 Å². The Hall–Kier alpha value is 0.650. The zero-order valence-electron chi connectivity index (χ0n) is 6.73. The lowest BCUT2D eigenvalue weighted by atomic mass is 9.64. The summed E-state index contributed by atoms with van der Waals surface area (Å²) in [5, 5.41) is 0. The molecule has 0 radical (unpaired) electrons. The number of hydrogen-bond donors (Lipinski definition) is 0. The van der Waals surface area contributed by atoms with Crippen LogP contribution in [-0.2, 0) is 9.47 Å². The highest BCUT2D eigenvalue weighted by molar-refractivity contribution is 14.1. The lowest BCUT2D eigenvalue weighted by Crippen LogP contribution is -2.47. The van der Waals surface area contributed by atoms with Gasteiger partial charge in [-0.25, -0.2) is 0 Å². The van der Waals surface area contributed by atoms with E-state index in [1.165, 1.54) is 12.8 Å². The average molecular weight is 268 g/mol. The highest BCUT2D eigenvalue weighted by Crippen LogP contribution is 2.58. The van der Waals surface area contributed by atoms with Crippen LogP contribution in [0.25, 0.3) is 0 Å². The Morgan fingerprint density at radius 2 is 2.27 bits per heavy atom. The van der Waals surface area contributed by atoms with Crippen molar-refractivity contribution in [1.29, 1.82) is 0 Å². The van der Waals surface area contributed by atoms with Crippen molar-refractivity contribution in [2.75, 3.05) is 24.8 Å². The van der Waals surface area contributed by atoms with E-state index in [0.717, 1.165) is 17.6 Å². The second kappa shape index (κ2) is 2.57. The Bertz CT molecular complexity index is 163. The first-order chi connectivity index (χ1) is 5.24. The molecule has 0 aromatic heterocycles. The predicted octanol–water partition coefficient (Wildman–Crippen LogP) is 1.62. The zero-order chi connectivity index (χ0) is 7.95. The Balaban J connectivity index is 1.97. The Labute approximate surface area is 80.8 Å². The Morgan fingerprint density at radius 3 is 2.73 bits per heavy atom. The number of ether oxygens (including phenoxy) is 2. The number of methoxy groups -OCH3 is 1. The van der Waals surface area contributed by atoms with E-state index in [1.54, 1.807) is 7.11 Å². The van der Waals surface area contributed by atoms with E-state index in [1.807, 2.05) is 0 Å². The molecule has 2 saturated heterocycles. The quantitative estimate of drug-likeness (QED) is 0.572. The maximum atomic E-state index is 5.73. The SMILES string of the molecule is COCC12COC(CI)(C1)C2. The third-order valence-corrected chi connectivity index (χ3v) is 4.16. The minimum atomic E-state index is 0.249. The summed E-state index contributed by atoms with van der Waals surface area (Å²) in [4.78, 5) is 0. The Morgan fingerprint density at radius 1 is 1.55 bits per heavy atom. The molecule has 0 spiro atoms. The van der Waals surface area contributed by atoms with Gasteiger partial charge in [-0.1, -0.05) is 22.6 Å². The van der Waals surface area contributed by atoms with E-state index < -0.39 is 0 Å². The highest BCUT2D eigenvalue weighted by Gasteiger charge is 2.61. The van der Waals surface area contributed by atoms with Crippen LogP contribution < -0.4 is 0 Å². The largest absolute Gasteiger partial charge is 0.384 e. The van der Waals surface area contributed by atoms with E-state index in [0.29, 0.717) is 5.41 Å². The number of hydrogen-bond acceptors (Lipinski definition) is 2. The summed E-state index contributed by atoms with van der Waals surface area (Å²) in [6, 6.07) is 0. The molecule has 0 N–H and O–H groups in total. The van der Waals surface area contributed by atoms with Crippen molar-refractivity contribution >= 4 is 22.6 Å². The van der Waals surface area contributed by atoms with Crippen LogP contribution in [0.15, 0.2) is 0 Å². The van der Waals surface area contributed by atoms with Crippen LogP contribution in [-0.4, -0.2) is 30.4 Å². The molecule has 1 aliphatic carbocycles. The van der Waals surface area contributed by atoms with Crippen molar-refractivity contribution in [3.63, 3.8) is 0 Å². The van der Waals surface area contributed by atoms with Crippen LogP contribution in [0.1, 0.15) is 12.8 Å². The van der Waals surface area contributed by atoms with Crippen molar-refractivity contribution in [2.45, 2.75) is 18.4 Å². The van der Waals surface area contributed by atoms with Crippen LogP contribution in [0.3, 0.4) is 0 Å². The molecular formula is C8H13IO2. The van der Waals surface area contributed by atoms with Gasteiger partial charge >= 0.3 is 0 Å². The van der Waals surface area contributed by atoms with Gasteiger partial charge in [0.1, 0.15) is 0 Å². The Kier molecular flexibility index (Phi) is 1.93. The minimum absolute atomic E-state index is 0.249. The second-order valence-corrected chi connectivity index (χ2v) is 4.65. The van der Waals surface area contributed by atoms with Crippen LogP contribution in [0.5, 0.6) is 0 Å². The lowest BCUT2D eigenvalue weighted by Gasteiger charge is -2.43. The summed E-state index contributed by atoms with van der Waals surface area (Å²) in [7, 11) is 1.77. The molecule has 0 unspecified atom stereocenters. The number of rotatable bonds is 3. The first-order valence-electron chi connectivity index (χ1n) is 3.93.